The molecule has 0 bridgehead atoms. The molecule has 0 saturated carbocycles. The average molecular weight is 432 g/mol. The third kappa shape index (κ3) is 4.62. The topological polar surface area (TPSA) is 92.5 Å². The molecule has 6 nitrogen and oxygen atoms in total. The molecule has 3 aromatic carbocycles. The molecule has 1 atom stereocenters. The van der Waals surface area contributed by atoms with Crippen molar-refractivity contribution in [2.24, 2.45) is 5.73 Å². The Balaban J connectivity index is 1.49. The third-order valence-electron chi connectivity index (χ3n) is 5.06. The fourth-order valence-corrected chi connectivity index (χ4v) is 4.67. The maximum Gasteiger partial charge on any atom is 0.255 e. The number of nitrogens with one attached hydrogen (secondary N) is 1. The van der Waals surface area contributed by atoms with Crippen molar-refractivity contribution in [3.63, 3.8) is 0 Å². The van der Waals surface area contributed by atoms with Gasteiger partial charge in [0, 0.05) is 12.1 Å². The van der Waals surface area contributed by atoms with E-state index in [2.05, 4.69) is 5.32 Å². The summed E-state index contributed by atoms with van der Waals surface area (Å²) in [6.45, 7) is 0.545. The Labute approximate surface area is 184 Å². The molecule has 1 aliphatic rings. The smallest absolute Gasteiger partial charge is 0.255 e. The first-order valence-corrected chi connectivity index (χ1v) is 10.8. The predicted molar refractivity (Wildman–Crippen MR) is 122 cm³/mol. The first-order valence-electron chi connectivity index (χ1n) is 9.78. The molecule has 0 spiro atoms. The van der Waals surface area contributed by atoms with Gasteiger partial charge in [0.05, 0.1) is 17.0 Å². The van der Waals surface area contributed by atoms with Crippen LogP contribution in [0.2, 0.25) is 0 Å². The van der Waals surface area contributed by atoms with Crippen molar-refractivity contribution < 1.29 is 14.4 Å². The summed E-state index contributed by atoms with van der Waals surface area (Å²) in [5.41, 5.74) is 8.48. The molecule has 0 unspecified atom stereocenters. The molecular formula is C24H21N3O3S. The summed E-state index contributed by atoms with van der Waals surface area (Å²) in [5, 5.41) is 2.64. The SMILES string of the molecule is NC(=O)c1ccccc1NC(=O)c1ccc([C@@H]2SCC(=O)N2Cc2ccccc2)cc1. The van der Waals surface area contributed by atoms with E-state index in [-0.39, 0.29) is 22.8 Å². The highest BCUT2D eigenvalue weighted by Crippen LogP contribution is 2.39. The fourth-order valence-electron chi connectivity index (χ4n) is 3.48. The second-order valence-corrected chi connectivity index (χ2v) is 8.23. The quantitative estimate of drug-likeness (QED) is 0.621. The van der Waals surface area contributed by atoms with Crippen molar-refractivity contribution in [1.29, 1.82) is 0 Å². The molecule has 0 aliphatic carbocycles. The zero-order valence-corrected chi connectivity index (χ0v) is 17.5. The van der Waals surface area contributed by atoms with Crippen molar-refractivity contribution >= 4 is 35.2 Å². The summed E-state index contributed by atoms with van der Waals surface area (Å²) < 4.78 is 0. The maximum atomic E-state index is 12.6. The Morgan fingerprint density at radius 1 is 0.968 bits per heavy atom. The molecule has 156 valence electrons. The van der Waals surface area contributed by atoms with E-state index in [1.54, 1.807) is 48.2 Å². The van der Waals surface area contributed by atoms with Crippen LogP contribution in [0.1, 0.15) is 37.2 Å². The van der Waals surface area contributed by atoms with Crippen LogP contribution in [-0.2, 0) is 11.3 Å². The van der Waals surface area contributed by atoms with E-state index in [9.17, 15) is 14.4 Å². The van der Waals surface area contributed by atoms with E-state index >= 15 is 0 Å². The van der Waals surface area contributed by atoms with Crippen molar-refractivity contribution in [3.05, 3.63) is 101 Å². The number of rotatable bonds is 6. The van der Waals surface area contributed by atoms with Crippen molar-refractivity contribution in [3.8, 4) is 0 Å². The Morgan fingerprint density at radius 3 is 2.35 bits per heavy atom. The summed E-state index contributed by atoms with van der Waals surface area (Å²) in [4.78, 5) is 38.5. The predicted octanol–water partition coefficient (Wildman–Crippen LogP) is 3.81. The van der Waals surface area contributed by atoms with E-state index < -0.39 is 5.91 Å². The number of anilines is 1. The molecule has 0 radical (unpaired) electrons. The Hall–Kier alpha value is -3.58. The van der Waals surface area contributed by atoms with E-state index in [1.165, 1.54) is 0 Å². The van der Waals surface area contributed by atoms with Crippen LogP contribution in [0.3, 0.4) is 0 Å². The maximum absolute atomic E-state index is 12.6. The van der Waals surface area contributed by atoms with Crippen molar-refractivity contribution in [1.82, 2.24) is 4.90 Å². The van der Waals surface area contributed by atoms with E-state index in [0.717, 1.165) is 11.1 Å². The molecule has 1 fully saturated rings. The minimum Gasteiger partial charge on any atom is -0.366 e. The molecule has 1 aliphatic heterocycles. The molecule has 3 N–H and O–H groups in total. The first kappa shape index (κ1) is 20.7. The van der Waals surface area contributed by atoms with Crippen LogP contribution >= 0.6 is 11.8 Å². The van der Waals surface area contributed by atoms with E-state index in [0.29, 0.717) is 23.5 Å². The molecule has 31 heavy (non-hydrogen) atoms. The van der Waals surface area contributed by atoms with Crippen LogP contribution in [0.5, 0.6) is 0 Å². The summed E-state index contributed by atoms with van der Waals surface area (Å²) in [5.74, 6) is -0.406. The molecular weight excluding hydrogens is 410 g/mol. The summed E-state index contributed by atoms with van der Waals surface area (Å²) in [6, 6.07) is 23.7. The van der Waals surface area contributed by atoms with Crippen LogP contribution in [0.15, 0.2) is 78.9 Å². The van der Waals surface area contributed by atoms with Gasteiger partial charge in [0.15, 0.2) is 0 Å². The minimum absolute atomic E-state index is 0.0968. The third-order valence-corrected chi connectivity index (χ3v) is 6.32. The van der Waals surface area contributed by atoms with Gasteiger partial charge in [-0.05, 0) is 35.4 Å². The molecule has 1 heterocycles. The Kier molecular flexibility index (Phi) is 6.04. The monoisotopic (exact) mass is 431 g/mol. The molecule has 1 saturated heterocycles. The number of carbonyl (C=O) groups is 3. The van der Waals surface area contributed by atoms with Gasteiger partial charge in [0.2, 0.25) is 5.91 Å². The highest BCUT2D eigenvalue weighted by Gasteiger charge is 2.32. The summed E-state index contributed by atoms with van der Waals surface area (Å²) >= 11 is 1.58. The van der Waals surface area contributed by atoms with Crippen LogP contribution < -0.4 is 11.1 Å². The lowest BCUT2D eigenvalue weighted by atomic mass is 10.1. The zero-order valence-electron chi connectivity index (χ0n) is 16.7. The van der Waals surface area contributed by atoms with Gasteiger partial charge < -0.3 is 16.0 Å². The normalized spacial score (nSPS) is 15.7. The number of benzene rings is 3. The van der Waals surface area contributed by atoms with Gasteiger partial charge in [-0.3, -0.25) is 14.4 Å². The van der Waals surface area contributed by atoms with Crippen LogP contribution in [0.25, 0.3) is 0 Å². The lowest BCUT2D eigenvalue weighted by Gasteiger charge is -2.24. The van der Waals surface area contributed by atoms with Crippen LogP contribution in [0, 0.1) is 0 Å². The largest absolute Gasteiger partial charge is 0.366 e. The van der Waals surface area contributed by atoms with Gasteiger partial charge in [-0.2, -0.15) is 0 Å². The molecule has 3 amide bonds. The Bertz CT molecular complexity index is 1120. The number of thioether (sulfide) groups is 1. The van der Waals surface area contributed by atoms with Crippen molar-refractivity contribution in [2.45, 2.75) is 11.9 Å². The van der Waals surface area contributed by atoms with Gasteiger partial charge in [-0.1, -0.05) is 54.6 Å². The molecule has 0 aromatic heterocycles. The zero-order chi connectivity index (χ0) is 21.8. The highest BCUT2D eigenvalue weighted by atomic mass is 32.2. The van der Waals surface area contributed by atoms with Gasteiger partial charge in [-0.15, -0.1) is 11.8 Å². The molecule has 7 heteroatoms. The number of hydrogen-bond acceptors (Lipinski definition) is 4. The molecule has 4 rings (SSSR count). The number of nitrogens with two attached hydrogens (primary N) is 1. The average Bonchev–Trinajstić information content (AvgIpc) is 3.15. The number of nitrogens with zero attached hydrogens (tertiary/aromatic N) is 1. The van der Waals surface area contributed by atoms with E-state index in [1.807, 2.05) is 47.4 Å². The number of primary amides is 1. The minimum atomic E-state index is -0.604. The van der Waals surface area contributed by atoms with Crippen LogP contribution in [0.4, 0.5) is 5.69 Å². The first-order chi connectivity index (χ1) is 15.0. The number of amides is 3. The fraction of sp³-hybridized carbons (Fsp3) is 0.125. The number of para-hydroxylation sites is 1. The lowest BCUT2D eigenvalue weighted by molar-refractivity contribution is -0.128. The second-order valence-electron chi connectivity index (χ2n) is 7.16. The highest BCUT2D eigenvalue weighted by molar-refractivity contribution is 8.00. The Morgan fingerprint density at radius 2 is 1.65 bits per heavy atom. The van der Waals surface area contributed by atoms with Gasteiger partial charge in [-0.25, -0.2) is 0 Å². The van der Waals surface area contributed by atoms with E-state index in [4.69, 9.17) is 5.73 Å². The van der Waals surface area contributed by atoms with Gasteiger partial charge in [0.25, 0.3) is 11.8 Å². The lowest BCUT2D eigenvalue weighted by Crippen LogP contribution is -2.27. The molecule has 3 aromatic rings. The van der Waals surface area contributed by atoms with Crippen LogP contribution in [-0.4, -0.2) is 28.4 Å². The van der Waals surface area contributed by atoms with Gasteiger partial charge >= 0.3 is 0 Å². The van der Waals surface area contributed by atoms with Gasteiger partial charge in [0.1, 0.15) is 5.37 Å². The number of hydrogen-bond donors (Lipinski definition) is 2. The summed E-state index contributed by atoms with van der Waals surface area (Å²) in [6.07, 6.45) is 0. The number of carbonyl (C=O) groups excluding carboxylic acids is 3. The summed E-state index contributed by atoms with van der Waals surface area (Å²) in [7, 11) is 0. The van der Waals surface area contributed by atoms with Crippen molar-refractivity contribution in [2.75, 3.05) is 11.1 Å². The standard InChI is InChI=1S/C24H21N3O3S/c25-22(29)19-8-4-5-9-20(19)26-23(30)17-10-12-18(13-11-17)24-27(21(28)15-31-24)14-16-6-2-1-3-7-16/h1-13,24H,14-15H2,(H2,25,29)(H,26,30)/t24-/m0/s1. The second kappa shape index (κ2) is 9.06.